The summed E-state index contributed by atoms with van der Waals surface area (Å²) in [4.78, 5) is 0. The molecule has 2 rings (SSSR count). The van der Waals surface area contributed by atoms with Crippen molar-refractivity contribution in [3.8, 4) is 0 Å². The molecule has 1 aromatic carbocycles. The molecule has 88 valence electrons. The smallest absolute Gasteiger partial charge is 0.0658 e. The van der Waals surface area contributed by atoms with Crippen LogP contribution in [0.5, 0.6) is 0 Å². The predicted octanol–water partition coefficient (Wildman–Crippen LogP) is 3.88. The molecule has 1 aliphatic carbocycles. The Hall–Kier alpha value is -0.180. The number of halogens is 1. The first kappa shape index (κ1) is 12.3. The van der Waals surface area contributed by atoms with Crippen LogP contribution in [0, 0.1) is 0 Å². The van der Waals surface area contributed by atoms with Crippen LogP contribution in [0.3, 0.4) is 0 Å². The SMILES string of the molecule is OC1CCCCC1SCc1ccc(Cl)cc1. The van der Waals surface area contributed by atoms with E-state index in [2.05, 4.69) is 12.1 Å². The monoisotopic (exact) mass is 256 g/mol. The van der Waals surface area contributed by atoms with Gasteiger partial charge in [0.1, 0.15) is 0 Å². The van der Waals surface area contributed by atoms with E-state index in [1.807, 2.05) is 23.9 Å². The summed E-state index contributed by atoms with van der Waals surface area (Å²) in [5.74, 6) is 0.971. The number of thioether (sulfide) groups is 1. The van der Waals surface area contributed by atoms with Crippen LogP contribution in [0.2, 0.25) is 5.02 Å². The van der Waals surface area contributed by atoms with Crippen molar-refractivity contribution in [2.75, 3.05) is 0 Å². The highest BCUT2D eigenvalue weighted by Crippen LogP contribution is 2.31. The maximum atomic E-state index is 9.85. The number of benzene rings is 1. The number of hydrogen-bond donors (Lipinski definition) is 1. The Kier molecular flexibility index (Phi) is 4.56. The minimum absolute atomic E-state index is 0.106. The first-order valence-electron chi connectivity index (χ1n) is 5.80. The summed E-state index contributed by atoms with van der Waals surface area (Å²) in [7, 11) is 0. The van der Waals surface area contributed by atoms with Crippen LogP contribution in [-0.2, 0) is 5.75 Å². The summed E-state index contributed by atoms with van der Waals surface area (Å²) in [6, 6.07) is 7.97. The third kappa shape index (κ3) is 3.41. The topological polar surface area (TPSA) is 20.2 Å². The lowest BCUT2D eigenvalue weighted by atomic mass is 9.97. The summed E-state index contributed by atoms with van der Waals surface area (Å²) < 4.78 is 0. The van der Waals surface area contributed by atoms with Gasteiger partial charge in [-0.3, -0.25) is 0 Å². The van der Waals surface area contributed by atoms with Crippen molar-refractivity contribution in [2.24, 2.45) is 0 Å². The van der Waals surface area contributed by atoms with Gasteiger partial charge in [-0.25, -0.2) is 0 Å². The van der Waals surface area contributed by atoms with E-state index in [1.54, 1.807) is 0 Å². The maximum absolute atomic E-state index is 9.85. The molecule has 0 spiro atoms. The molecule has 1 N–H and O–H groups in total. The minimum Gasteiger partial charge on any atom is -0.392 e. The average Bonchev–Trinajstić information content (AvgIpc) is 2.30. The standard InChI is InChI=1S/C13H17ClOS/c14-11-7-5-10(6-8-11)9-16-13-4-2-1-3-12(13)15/h5-8,12-13,15H,1-4,9H2. The summed E-state index contributed by atoms with van der Waals surface area (Å²) in [5, 5.41) is 11.1. The van der Waals surface area contributed by atoms with E-state index in [0.717, 1.165) is 23.6 Å². The third-order valence-electron chi connectivity index (χ3n) is 3.05. The predicted molar refractivity (Wildman–Crippen MR) is 71.0 cm³/mol. The zero-order valence-electron chi connectivity index (χ0n) is 9.23. The average molecular weight is 257 g/mol. The quantitative estimate of drug-likeness (QED) is 0.886. The fourth-order valence-corrected chi connectivity index (χ4v) is 3.47. The number of hydrogen-bond acceptors (Lipinski definition) is 2. The van der Waals surface area contributed by atoms with Crippen molar-refractivity contribution < 1.29 is 5.11 Å². The summed E-state index contributed by atoms with van der Waals surface area (Å²) >= 11 is 7.71. The van der Waals surface area contributed by atoms with Crippen molar-refractivity contribution >= 4 is 23.4 Å². The fourth-order valence-electron chi connectivity index (χ4n) is 2.06. The lowest BCUT2D eigenvalue weighted by Gasteiger charge is -2.26. The van der Waals surface area contributed by atoms with Gasteiger partial charge in [0.15, 0.2) is 0 Å². The lowest BCUT2D eigenvalue weighted by Crippen LogP contribution is -2.26. The molecule has 16 heavy (non-hydrogen) atoms. The molecule has 1 saturated carbocycles. The van der Waals surface area contributed by atoms with Crippen LogP contribution in [0.4, 0.5) is 0 Å². The van der Waals surface area contributed by atoms with Crippen LogP contribution >= 0.6 is 23.4 Å². The second-order valence-electron chi connectivity index (χ2n) is 4.33. The molecule has 0 heterocycles. The maximum Gasteiger partial charge on any atom is 0.0658 e. The number of aliphatic hydroxyl groups excluding tert-OH is 1. The first-order valence-corrected chi connectivity index (χ1v) is 7.22. The van der Waals surface area contributed by atoms with Crippen LogP contribution in [-0.4, -0.2) is 16.5 Å². The molecule has 0 aromatic heterocycles. The van der Waals surface area contributed by atoms with E-state index in [4.69, 9.17) is 11.6 Å². The molecule has 0 radical (unpaired) electrons. The van der Waals surface area contributed by atoms with Gasteiger partial charge in [0.2, 0.25) is 0 Å². The van der Waals surface area contributed by atoms with Gasteiger partial charge < -0.3 is 5.11 Å². The van der Waals surface area contributed by atoms with Crippen molar-refractivity contribution in [3.63, 3.8) is 0 Å². The van der Waals surface area contributed by atoms with E-state index in [1.165, 1.54) is 18.4 Å². The third-order valence-corrected chi connectivity index (χ3v) is 4.78. The molecule has 1 aliphatic rings. The van der Waals surface area contributed by atoms with E-state index < -0.39 is 0 Å². The second-order valence-corrected chi connectivity index (χ2v) is 5.99. The molecule has 0 saturated heterocycles. The van der Waals surface area contributed by atoms with Gasteiger partial charge in [0.25, 0.3) is 0 Å². The van der Waals surface area contributed by atoms with Gasteiger partial charge in [-0.1, -0.05) is 36.6 Å². The van der Waals surface area contributed by atoms with Crippen LogP contribution in [0.25, 0.3) is 0 Å². The van der Waals surface area contributed by atoms with Crippen molar-refractivity contribution in [3.05, 3.63) is 34.9 Å². The molecular weight excluding hydrogens is 240 g/mol. The Morgan fingerprint density at radius 2 is 1.88 bits per heavy atom. The number of rotatable bonds is 3. The molecule has 1 aromatic rings. The van der Waals surface area contributed by atoms with Gasteiger partial charge in [0.05, 0.1) is 6.10 Å². The Bertz CT molecular complexity index is 325. The van der Waals surface area contributed by atoms with Crippen molar-refractivity contribution in [1.29, 1.82) is 0 Å². The second kappa shape index (κ2) is 5.95. The molecule has 2 atom stereocenters. The summed E-state index contributed by atoms with van der Waals surface area (Å²) in [5.41, 5.74) is 1.28. The first-order chi connectivity index (χ1) is 7.75. The molecule has 0 aliphatic heterocycles. The molecular formula is C13H17ClOS. The highest BCUT2D eigenvalue weighted by Gasteiger charge is 2.22. The molecule has 0 amide bonds. The molecule has 1 nitrogen and oxygen atoms in total. The van der Waals surface area contributed by atoms with Crippen molar-refractivity contribution in [1.82, 2.24) is 0 Å². The minimum atomic E-state index is -0.106. The summed E-state index contributed by atoms with van der Waals surface area (Å²) in [6.45, 7) is 0. The number of aliphatic hydroxyl groups is 1. The van der Waals surface area contributed by atoms with Gasteiger partial charge in [0, 0.05) is 16.0 Å². The highest BCUT2D eigenvalue weighted by atomic mass is 35.5. The van der Waals surface area contributed by atoms with Gasteiger partial charge in [-0.15, -0.1) is 0 Å². The van der Waals surface area contributed by atoms with E-state index >= 15 is 0 Å². The largest absolute Gasteiger partial charge is 0.392 e. The van der Waals surface area contributed by atoms with E-state index in [9.17, 15) is 5.11 Å². The molecule has 0 bridgehead atoms. The van der Waals surface area contributed by atoms with Crippen LogP contribution in [0.15, 0.2) is 24.3 Å². The van der Waals surface area contributed by atoms with Gasteiger partial charge >= 0.3 is 0 Å². The molecule has 2 unspecified atom stereocenters. The fraction of sp³-hybridized carbons (Fsp3) is 0.538. The highest BCUT2D eigenvalue weighted by molar-refractivity contribution is 7.99. The van der Waals surface area contributed by atoms with Crippen LogP contribution < -0.4 is 0 Å². The van der Waals surface area contributed by atoms with E-state index in [-0.39, 0.29) is 6.10 Å². The Balaban J connectivity index is 1.84. The summed E-state index contributed by atoms with van der Waals surface area (Å²) in [6.07, 6.45) is 4.46. The normalized spacial score (nSPS) is 25.6. The van der Waals surface area contributed by atoms with Crippen molar-refractivity contribution in [2.45, 2.75) is 42.8 Å². The zero-order valence-corrected chi connectivity index (χ0v) is 10.8. The van der Waals surface area contributed by atoms with Gasteiger partial charge in [-0.05, 0) is 30.5 Å². The Morgan fingerprint density at radius 3 is 2.56 bits per heavy atom. The zero-order chi connectivity index (χ0) is 11.4. The molecule has 3 heteroatoms. The molecule has 1 fully saturated rings. The van der Waals surface area contributed by atoms with Crippen LogP contribution in [0.1, 0.15) is 31.2 Å². The van der Waals surface area contributed by atoms with E-state index in [0.29, 0.717) is 5.25 Å². The van der Waals surface area contributed by atoms with Gasteiger partial charge in [-0.2, -0.15) is 11.8 Å². The Labute approximate surface area is 106 Å². The lowest BCUT2D eigenvalue weighted by molar-refractivity contribution is 0.137. The Morgan fingerprint density at radius 1 is 1.19 bits per heavy atom.